The van der Waals surface area contributed by atoms with E-state index in [2.05, 4.69) is 50.2 Å². The average molecular weight is 384 g/mol. The lowest BCUT2D eigenvalue weighted by Crippen LogP contribution is -2.31. The molecule has 2 aromatic carbocycles. The van der Waals surface area contributed by atoms with Crippen molar-refractivity contribution in [2.24, 2.45) is 0 Å². The van der Waals surface area contributed by atoms with Crippen LogP contribution in [0.1, 0.15) is 24.1 Å². The molecule has 0 radical (unpaired) electrons. The van der Waals surface area contributed by atoms with Crippen LogP contribution < -0.4 is 10.6 Å². The molecule has 0 bridgehead atoms. The molecule has 3 heterocycles. The van der Waals surface area contributed by atoms with Crippen molar-refractivity contribution in [3.63, 3.8) is 0 Å². The number of allylic oxidation sites excluding steroid dienone is 1. The van der Waals surface area contributed by atoms with Crippen molar-refractivity contribution in [1.82, 2.24) is 20.0 Å². The smallest absolute Gasteiger partial charge is 0.255 e. The summed E-state index contributed by atoms with van der Waals surface area (Å²) in [5.41, 5.74) is 5.28. The number of hydrogen-bond donors (Lipinski definition) is 3. The van der Waals surface area contributed by atoms with E-state index < -0.39 is 0 Å². The standard InChI is InChI=1S/C22H20N6O/c1-13-3-5-15(6-4-13)21-20(14(2)25-19-9-10-24-28(19)21)22(29)26-17-7-8-18-16(11-17)12-23-27-18/h3-12,21,25H,1-2H3,(H,23,27)(H,26,29). The first-order chi connectivity index (χ1) is 14.1. The van der Waals surface area contributed by atoms with Crippen molar-refractivity contribution >= 4 is 28.3 Å². The number of H-pyrrole nitrogens is 1. The molecule has 1 unspecified atom stereocenters. The van der Waals surface area contributed by atoms with Crippen LogP contribution in [-0.4, -0.2) is 25.9 Å². The largest absolute Gasteiger partial charge is 0.344 e. The number of fused-ring (bicyclic) bond motifs is 2. The van der Waals surface area contributed by atoms with Gasteiger partial charge in [-0.1, -0.05) is 29.8 Å². The van der Waals surface area contributed by atoms with E-state index in [1.54, 1.807) is 12.4 Å². The molecule has 29 heavy (non-hydrogen) atoms. The SMILES string of the molecule is CC1=C(C(=O)Nc2ccc3[nH]ncc3c2)C(c2ccc(C)cc2)n2nccc2N1. The zero-order chi connectivity index (χ0) is 20.0. The molecular formula is C22H20N6O. The van der Waals surface area contributed by atoms with Crippen LogP contribution in [0.3, 0.4) is 0 Å². The van der Waals surface area contributed by atoms with Gasteiger partial charge in [0.15, 0.2) is 0 Å². The second kappa shape index (κ2) is 6.63. The molecule has 7 heteroatoms. The Kier molecular flexibility index (Phi) is 3.94. The molecule has 1 atom stereocenters. The number of hydrogen-bond acceptors (Lipinski definition) is 4. The first-order valence-corrected chi connectivity index (χ1v) is 9.42. The quantitative estimate of drug-likeness (QED) is 0.498. The van der Waals surface area contributed by atoms with Gasteiger partial charge in [0, 0.05) is 22.8 Å². The normalized spacial score (nSPS) is 15.9. The van der Waals surface area contributed by atoms with Crippen LogP contribution in [0.15, 0.2) is 72.2 Å². The van der Waals surface area contributed by atoms with Crippen LogP contribution in [0.5, 0.6) is 0 Å². The van der Waals surface area contributed by atoms with Gasteiger partial charge in [-0.2, -0.15) is 10.2 Å². The fraction of sp³-hybridized carbons (Fsp3) is 0.136. The van der Waals surface area contributed by atoms with Crippen LogP contribution >= 0.6 is 0 Å². The highest BCUT2D eigenvalue weighted by molar-refractivity contribution is 6.06. The van der Waals surface area contributed by atoms with Crippen molar-refractivity contribution in [2.75, 3.05) is 10.6 Å². The molecule has 0 saturated carbocycles. The monoisotopic (exact) mass is 384 g/mol. The van der Waals surface area contributed by atoms with Crippen LogP contribution in [-0.2, 0) is 4.79 Å². The molecule has 144 valence electrons. The van der Waals surface area contributed by atoms with E-state index in [0.29, 0.717) is 5.57 Å². The third-order valence-electron chi connectivity index (χ3n) is 5.24. The second-order valence-corrected chi connectivity index (χ2v) is 7.26. The lowest BCUT2D eigenvalue weighted by Gasteiger charge is -2.29. The Morgan fingerprint density at radius 2 is 1.93 bits per heavy atom. The predicted octanol–water partition coefficient (Wildman–Crippen LogP) is 4.00. The number of aromatic nitrogens is 4. The Bertz CT molecular complexity index is 1250. The van der Waals surface area contributed by atoms with Gasteiger partial charge in [-0.25, -0.2) is 4.68 Å². The molecule has 5 rings (SSSR count). The number of benzene rings is 2. The minimum atomic E-state index is -0.306. The van der Waals surface area contributed by atoms with E-state index in [9.17, 15) is 4.79 Å². The Balaban J connectivity index is 1.54. The van der Waals surface area contributed by atoms with Gasteiger partial charge in [-0.15, -0.1) is 0 Å². The van der Waals surface area contributed by atoms with E-state index in [-0.39, 0.29) is 11.9 Å². The summed E-state index contributed by atoms with van der Waals surface area (Å²) >= 11 is 0. The number of carbonyl (C=O) groups excluding carboxylic acids is 1. The zero-order valence-corrected chi connectivity index (χ0v) is 16.1. The summed E-state index contributed by atoms with van der Waals surface area (Å²) in [5.74, 6) is 0.703. The van der Waals surface area contributed by atoms with Gasteiger partial charge < -0.3 is 10.6 Å². The number of carbonyl (C=O) groups is 1. The Morgan fingerprint density at radius 3 is 2.76 bits per heavy atom. The summed E-state index contributed by atoms with van der Waals surface area (Å²) in [7, 11) is 0. The van der Waals surface area contributed by atoms with Crippen LogP contribution in [0.25, 0.3) is 10.9 Å². The lowest BCUT2D eigenvalue weighted by molar-refractivity contribution is -0.113. The maximum absolute atomic E-state index is 13.4. The third-order valence-corrected chi connectivity index (χ3v) is 5.24. The van der Waals surface area contributed by atoms with Gasteiger partial charge >= 0.3 is 0 Å². The molecule has 4 aromatic rings. The van der Waals surface area contributed by atoms with Crippen LogP contribution in [0.4, 0.5) is 11.5 Å². The zero-order valence-electron chi connectivity index (χ0n) is 16.1. The Hall–Kier alpha value is -3.87. The highest BCUT2D eigenvalue weighted by Gasteiger charge is 2.32. The average Bonchev–Trinajstić information content (AvgIpc) is 3.36. The summed E-state index contributed by atoms with van der Waals surface area (Å²) in [5, 5.41) is 18.7. The van der Waals surface area contributed by atoms with Gasteiger partial charge in [0.25, 0.3) is 5.91 Å². The molecule has 3 N–H and O–H groups in total. The predicted molar refractivity (Wildman–Crippen MR) is 113 cm³/mol. The highest BCUT2D eigenvalue weighted by atomic mass is 16.1. The number of anilines is 2. The van der Waals surface area contributed by atoms with E-state index in [4.69, 9.17) is 0 Å². The summed E-state index contributed by atoms with van der Waals surface area (Å²) < 4.78 is 1.85. The van der Waals surface area contributed by atoms with Gasteiger partial charge in [-0.05, 0) is 37.6 Å². The van der Waals surface area contributed by atoms with E-state index in [1.807, 2.05) is 42.8 Å². The molecule has 0 fully saturated rings. The summed E-state index contributed by atoms with van der Waals surface area (Å²) in [6.07, 6.45) is 3.48. The van der Waals surface area contributed by atoms with Crippen molar-refractivity contribution in [1.29, 1.82) is 0 Å². The summed E-state index contributed by atoms with van der Waals surface area (Å²) in [6, 6.07) is 15.5. The van der Waals surface area contributed by atoms with Crippen molar-refractivity contribution < 1.29 is 4.79 Å². The van der Waals surface area contributed by atoms with Gasteiger partial charge in [0.2, 0.25) is 0 Å². The van der Waals surface area contributed by atoms with Gasteiger partial charge in [0.05, 0.1) is 23.5 Å². The van der Waals surface area contributed by atoms with Crippen LogP contribution in [0, 0.1) is 6.92 Å². The number of aromatic amines is 1. The molecule has 0 saturated heterocycles. The second-order valence-electron chi connectivity index (χ2n) is 7.26. The molecular weight excluding hydrogens is 364 g/mol. The molecule has 1 aliphatic rings. The number of rotatable bonds is 3. The molecule has 1 aliphatic heterocycles. The first-order valence-electron chi connectivity index (χ1n) is 9.42. The number of nitrogens with zero attached hydrogens (tertiary/aromatic N) is 3. The molecule has 0 aliphatic carbocycles. The van der Waals surface area contributed by atoms with Gasteiger partial charge in [0.1, 0.15) is 11.9 Å². The lowest BCUT2D eigenvalue weighted by atomic mass is 9.94. The summed E-state index contributed by atoms with van der Waals surface area (Å²) in [6.45, 7) is 3.97. The van der Waals surface area contributed by atoms with Crippen molar-refractivity contribution in [3.8, 4) is 0 Å². The van der Waals surface area contributed by atoms with Gasteiger partial charge in [-0.3, -0.25) is 9.89 Å². The Labute approximate surface area is 167 Å². The highest BCUT2D eigenvalue weighted by Crippen LogP contribution is 2.36. The van der Waals surface area contributed by atoms with Crippen molar-refractivity contribution in [3.05, 3.63) is 83.3 Å². The van der Waals surface area contributed by atoms with Crippen LogP contribution in [0.2, 0.25) is 0 Å². The Morgan fingerprint density at radius 1 is 1.10 bits per heavy atom. The fourth-order valence-electron chi connectivity index (χ4n) is 3.78. The maximum atomic E-state index is 13.4. The van der Waals surface area contributed by atoms with Crippen molar-refractivity contribution in [2.45, 2.75) is 19.9 Å². The number of amides is 1. The third kappa shape index (κ3) is 2.97. The summed E-state index contributed by atoms with van der Waals surface area (Å²) in [4.78, 5) is 13.4. The minimum Gasteiger partial charge on any atom is -0.344 e. The molecule has 7 nitrogen and oxygen atoms in total. The van der Waals surface area contributed by atoms with E-state index in [1.165, 1.54) is 5.56 Å². The van der Waals surface area contributed by atoms with E-state index >= 15 is 0 Å². The first kappa shape index (κ1) is 17.2. The number of nitrogens with one attached hydrogen (secondary N) is 3. The minimum absolute atomic E-state index is 0.162. The number of aryl methyl sites for hydroxylation is 1. The molecule has 1 amide bonds. The van der Waals surface area contributed by atoms with E-state index in [0.717, 1.165) is 33.7 Å². The molecule has 2 aromatic heterocycles. The maximum Gasteiger partial charge on any atom is 0.255 e. The fourth-order valence-corrected chi connectivity index (χ4v) is 3.78. The molecule has 0 spiro atoms. The topological polar surface area (TPSA) is 87.6 Å².